The number of aromatic nitrogens is 2. The Hall–Kier alpha value is -2.18. The quantitative estimate of drug-likeness (QED) is 0.806. The van der Waals surface area contributed by atoms with Crippen molar-refractivity contribution < 1.29 is 14.7 Å². The van der Waals surface area contributed by atoms with E-state index >= 15 is 0 Å². The highest BCUT2D eigenvalue weighted by Crippen LogP contribution is 2.32. The predicted molar refractivity (Wildman–Crippen MR) is 68.0 cm³/mol. The predicted octanol–water partition coefficient (Wildman–Crippen LogP) is 0.137. The van der Waals surface area contributed by atoms with Crippen LogP contribution in [-0.4, -0.2) is 47.1 Å². The Kier molecular flexibility index (Phi) is 3.37. The summed E-state index contributed by atoms with van der Waals surface area (Å²) in [7, 11) is 1.61. The summed E-state index contributed by atoms with van der Waals surface area (Å²) >= 11 is 0. The van der Waals surface area contributed by atoms with Gasteiger partial charge in [0.15, 0.2) is 5.69 Å². The van der Waals surface area contributed by atoms with Gasteiger partial charge in [-0.1, -0.05) is 0 Å². The number of hydrogen-bond acceptors (Lipinski definition) is 5. The molecule has 19 heavy (non-hydrogen) atoms. The number of anilines is 1. The molecule has 2 N–H and O–H groups in total. The van der Waals surface area contributed by atoms with Crippen LogP contribution < -0.4 is 10.2 Å². The fraction of sp³-hybridized carbons (Fsp3) is 0.500. The summed E-state index contributed by atoms with van der Waals surface area (Å²) in [5.74, 6) is -0.632. The summed E-state index contributed by atoms with van der Waals surface area (Å²) in [6.45, 7) is 3.05. The average Bonchev–Trinajstić information content (AvgIpc) is 2.82. The van der Waals surface area contributed by atoms with E-state index in [4.69, 9.17) is 5.11 Å². The molecule has 0 aromatic carbocycles. The molecule has 1 amide bonds. The molecule has 1 aromatic rings. The number of nitrogens with zero attached hydrogens (tertiary/aromatic N) is 3. The Morgan fingerprint density at radius 1 is 1.47 bits per heavy atom. The minimum absolute atomic E-state index is 0.0163. The van der Waals surface area contributed by atoms with Crippen LogP contribution in [0.25, 0.3) is 0 Å². The van der Waals surface area contributed by atoms with Gasteiger partial charge in [-0.25, -0.2) is 9.78 Å². The van der Waals surface area contributed by atoms with Crippen LogP contribution in [-0.2, 0) is 4.79 Å². The molecule has 0 spiro atoms. The second kappa shape index (κ2) is 4.83. The monoisotopic (exact) mass is 264 g/mol. The van der Waals surface area contributed by atoms with Crippen molar-refractivity contribution in [3.05, 3.63) is 18.1 Å². The molecule has 2 rings (SSSR count). The molecule has 1 saturated heterocycles. The van der Waals surface area contributed by atoms with Crippen molar-refractivity contribution in [2.75, 3.05) is 25.0 Å². The molecule has 1 aliphatic rings. The lowest BCUT2D eigenvalue weighted by atomic mass is 9.89. The van der Waals surface area contributed by atoms with Gasteiger partial charge in [0.1, 0.15) is 5.82 Å². The smallest absolute Gasteiger partial charge is 0.356 e. The molecule has 0 bridgehead atoms. The minimum Gasteiger partial charge on any atom is -0.476 e. The lowest BCUT2D eigenvalue weighted by molar-refractivity contribution is -0.128. The standard InChI is InChI=1S/C12H16N4O3/c1-12(11(19)13-2)3-4-16(7-12)9-6-14-5-8(15-9)10(17)18/h5-6H,3-4,7H2,1-2H3,(H,13,19)(H,17,18). The van der Waals surface area contributed by atoms with Crippen LogP contribution in [0.5, 0.6) is 0 Å². The molecule has 102 valence electrons. The maximum absolute atomic E-state index is 11.8. The zero-order valence-corrected chi connectivity index (χ0v) is 10.9. The van der Waals surface area contributed by atoms with Gasteiger partial charge in [-0.3, -0.25) is 9.78 Å². The van der Waals surface area contributed by atoms with Crippen LogP contribution >= 0.6 is 0 Å². The third-order valence-corrected chi connectivity index (χ3v) is 3.41. The highest BCUT2D eigenvalue weighted by molar-refractivity contribution is 5.85. The zero-order chi connectivity index (χ0) is 14.0. The first-order chi connectivity index (χ1) is 8.96. The second-order valence-corrected chi connectivity index (χ2v) is 4.88. The van der Waals surface area contributed by atoms with E-state index in [0.717, 1.165) is 0 Å². The fourth-order valence-electron chi connectivity index (χ4n) is 2.25. The number of aromatic carboxylic acids is 1. The van der Waals surface area contributed by atoms with Gasteiger partial charge in [0.05, 0.1) is 17.8 Å². The van der Waals surface area contributed by atoms with Crippen LogP contribution in [0.1, 0.15) is 23.8 Å². The van der Waals surface area contributed by atoms with Gasteiger partial charge in [0, 0.05) is 20.1 Å². The van der Waals surface area contributed by atoms with E-state index in [-0.39, 0.29) is 11.6 Å². The molecule has 1 aliphatic heterocycles. The van der Waals surface area contributed by atoms with Crippen LogP contribution in [0.4, 0.5) is 5.82 Å². The molecule has 0 aliphatic carbocycles. The Labute approximate surface area is 110 Å². The summed E-state index contributed by atoms with van der Waals surface area (Å²) < 4.78 is 0. The van der Waals surface area contributed by atoms with Crippen molar-refractivity contribution in [2.24, 2.45) is 5.41 Å². The second-order valence-electron chi connectivity index (χ2n) is 4.88. The van der Waals surface area contributed by atoms with Gasteiger partial charge in [-0.05, 0) is 13.3 Å². The highest BCUT2D eigenvalue weighted by Gasteiger charge is 2.40. The summed E-state index contributed by atoms with van der Waals surface area (Å²) in [6, 6.07) is 0. The van der Waals surface area contributed by atoms with Crippen LogP contribution in [0.15, 0.2) is 12.4 Å². The minimum atomic E-state index is -1.11. The average molecular weight is 264 g/mol. The first-order valence-electron chi connectivity index (χ1n) is 5.99. The van der Waals surface area contributed by atoms with Gasteiger partial charge in [-0.15, -0.1) is 0 Å². The lowest BCUT2D eigenvalue weighted by Gasteiger charge is -2.23. The number of carbonyl (C=O) groups is 2. The summed E-state index contributed by atoms with van der Waals surface area (Å²) in [5, 5.41) is 11.5. The summed E-state index contributed by atoms with van der Waals surface area (Å²) in [4.78, 5) is 32.5. The van der Waals surface area contributed by atoms with Gasteiger partial charge in [-0.2, -0.15) is 0 Å². The van der Waals surface area contributed by atoms with E-state index in [1.807, 2.05) is 11.8 Å². The van der Waals surface area contributed by atoms with Crippen LogP contribution in [0.2, 0.25) is 0 Å². The molecule has 7 heteroatoms. The zero-order valence-electron chi connectivity index (χ0n) is 10.9. The molecule has 7 nitrogen and oxygen atoms in total. The van der Waals surface area contributed by atoms with E-state index in [2.05, 4.69) is 15.3 Å². The summed E-state index contributed by atoms with van der Waals surface area (Å²) in [6.07, 6.45) is 3.42. The van der Waals surface area contributed by atoms with Crippen molar-refractivity contribution in [3.63, 3.8) is 0 Å². The third-order valence-electron chi connectivity index (χ3n) is 3.41. The summed E-state index contributed by atoms with van der Waals surface area (Å²) in [5.41, 5.74) is -0.568. The number of hydrogen-bond donors (Lipinski definition) is 2. The number of nitrogens with one attached hydrogen (secondary N) is 1. The van der Waals surface area contributed by atoms with Crippen LogP contribution in [0.3, 0.4) is 0 Å². The van der Waals surface area contributed by atoms with Gasteiger partial charge >= 0.3 is 5.97 Å². The van der Waals surface area contributed by atoms with Crippen molar-refractivity contribution in [3.8, 4) is 0 Å². The number of amides is 1. The molecule has 2 heterocycles. The van der Waals surface area contributed by atoms with Gasteiger partial charge < -0.3 is 15.3 Å². The Bertz CT molecular complexity index is 519. The number of carboxylic acids is 1. The Balaban J connectivity index is 2.19. The van der Waals surface area contributed by atoms with E-state index in [1.54, 1.807) is 7.05 Å². The Morgan fingerprint density at radius 2 is 2.21 bits per heavy atom. The highest BCUT2D eigenvalue weighted by atomic mass is 16.4. The van der Waals surface area contributed by atoms with Crippen molar-refractivity contribution in [1.29, 1.82) is 0 Å². The van der Waals surface area contributed by atoms with Crippen molar-refractivity contribution in [2.45, 2.75) is 13.3 Å². The Morgan fingerprint density at radius 3 is 2.84 bits per heavy atom. The number of carbonyl (C=O) groups excluding carboxylic acids is 1. The third kappa shape index (κ3) is 2.49. The molecule has 1 fully saturated rings. The topological polar surface area (TPSA) is 95.4 Å². The van der Waals surface area contributed by atoms with Crippen LogP contribution in [0, 0.1) is 5.41 Å². The first kappa shape index (κ1) is 13.3. The van der Waals surface area contributed by atoms with E-state index in [0.29, 0.717) is 25.3 Å². The molecule has 1 atom stereocenters. The largest absolute Gasteiger partial charge is 0.476 e. The first-order valence-corrected chi connectivity index (χ1v) is 5.99. The van der Waals surface area contributed by atoms with E-state index in [1.165, 1.54) is 12.4 Å². The van der Waals surface area contributed by atoms with Crippen molar-refractivity contribution in [1.82, 2.24) is 15.3 Å². The number of carboxylic acid groups (broad SMARTS) is 1. The lowest BCUT2D eigenvalue weighted by Crippen LogP contribution is -2.39. The van der Waals surface area contributed by atoms with E-state index < -0.39 is 11.4 Å². The van der Waals surface area contributed by atoms with E-state index in [9.17, 15) is 9.59 Å². The molecule has 0 radical (unpaired) electrons. The SMILES string of the molecule is CNC(=O)C1(C)CCN(c2cncc(C(=O)O)n2)C1. The molecular formula is C12H16N4O3. The maximum Gasteiger partial charge on any atom is 0.356 e. The normalized spacial score (nSPS) is 22.3. The van der Waals surface area contributed by atoms with Gasteiger partial charge in [0.2, 0.25) is 5.91 Å². The fourth-order valence-corrected chi connectivity index (χ4v) is 2.25. The molecular weight excluding hydrogens is 248 g/mol. The number of rotatable bonds is 3. The molecule has 0 saturated carbocycles. The molecule has 1 aromatic heterocycles. The maximum atomic E-state index is 11.8. The van der Waals surface area contributed by atoms with Crippen molar-refractivity contribution >= 4 is 17.7 Å². The molecule has 1 unspecified atom stereocenters. The van der Waals surface area contributed by atoms with Gasteiger partial charge in [0.25, 0.3) is 0 Å².